The maximum atomic E-state index is 12.0. The lowest BCUT2D eigenvalue weighted by atomic mass is 9.81. The number of carboxylic acid groups (broad SMARTS) is 2. The van der Waals surface area contributed by atoms with Crippen LogP contribution >= 0.6 is 12.0 Å². The van der Waals surface area contributed by atoms with Crippen molar-refractivity contribution < 1.29 is 52.0 Å². The number of allylic oxidation sites excluding steroid dienone is 8. The Morgan fingerprint density at radius 1 is 0.907 bits per heavy atom. The van der Waals surface area contributed by atoms with Crippen molar-refractivity contribution in [2.75, 3.05) is 18.0 Å². The van der Waals surface area contributed by atoms with Crippen LogP contribution in [-0.2, 0) is 46.3 Å². The molecule has 12 nitrogen and oxygen atoms in total. The summed E-state index contributed by atoms with van der Waals surface area (Å²) in [5.41, 5.74) is 5.57. The van der Waals surface area contributed by atoms with E-state index in [1.165, 1.54) is 12.1 Å². The molecular weight excluding hydrogens is 733 g/mol. The van der Waals surface area contributed by atoms with Gasteiger partial charge in [-0.3, -0.25) is 14.1 Å². The van der Waals surface area contributed by atoms with Gasteiger partial charge in [0, 0.05) is 45.9 Å². The zero-order chi connectivity index (χ0) is 39.3. The minimum absolute atomic E-state index is 0.0713. The van der Waals surface area contributed by atoms with E-state index in [9.17, 15) is 32.8 Å². The van der Waals surface area contributed by atoms with Crippen molar-refractivity contribution in [2.45, 2.75) is 67.6 Å². The molecule has 0 bridgehead atoms. The summed E-state index contributed by atoms with van der Waals surface area (Å²) in [7, 11) is -4.46. The van der Waals surface area contributed by atoms with Crippen molar-refractivity contribution >= 4 is 51.2 Å². The summed E-state index contributed by atoms with van der Waals surface area (Å²) in [5.74, 6) is -1.88. The molecule has 14 heteroatoms. The molecule has 0 fully saturated rings. The van der Waals surface area contributed by atoms with Crippen LogP contribution in [0.2, 0.25) is 0 Å². The molecule has 0 spiro atoms. The van der Waals surface area contributed by atoms with E-state index in [0.29, 0.717) is 22.6 Å². The Labute approximate surface area is 318 Å². The molecule has 54 heavy (non-hydrogen) atoms. The Morgan fingerprint density at radius 3 is 2.30 bits per heavy atom. The van der Waals surface area contributed by atoms with Gasteiger partial charge in [-0.05, 0) is 73.4 Å². The Bertz CT molecular complexity index is 2190. The third kappa shape index (κ3) is 9.09. The first-order chi connectivity index (χ1) is 25.5. The van der Waals surface area contributed by atoms with Crippen LogP contribution in [0.5, 0.6) is 0 Å². The van der Waals surface area contributed by atoms with Crippen molar-refractivity contribution in [1.29, 1.82) is 0 Å². The second-order valence-corrected chi connectivity index (χ2v) is 16.2. The van der Waals surface area contributed by atoms with E-state index in [-0.39, 0.29) is 30.8 Å². The second-order valence-electron chi connectivity index (χ2n) is 14.0. The minimum atomic E-state index is -4.46. The first-order valence-corrected chi connectivity index (χ1v) is 19.3. The number of carbonyl (C=O) groups is 2. The number of hydrogen-bond acceptors (Lipinski definition) is 9. The fourth-order valence-electron chi connectivity index (χ4n) is 7.00. The van der Waals surface area contributed by atoms with Crippen LogP contribution in [0.3, 0.4) is 0 Å². The maximum absolute atomic E-state index is 12.0. The molecule has 3 aromatic rings. The van der Waals surface area contributed by atoms with E-state index >= 15 is 0 Å². The number of hydrogen-bond donors (Lipinski definition) is 4. The Balaban J connectivity index is 1.53. The molecule has 4 N–H and O–H groups in total. The van der Waals surface area contributed by atoms with Gasteiger partial charge in [-0.2, -0.15) is 13.0 Å². The second kappa shape index (κ2) is 16.7. The van der Waals surface area contributed by atoms with Crippen LogP contribution < -0.4 is 4.90 Å². The highest BCUT2D eigenvalue weighted by atomic mass is 32.2. The average molecular weight is 776 g/mol. The third-order valence-corrected chi connectivity index (χ3v) is 11.1. The molecule has 0 amide bonds. The third-order valence-electron chi connectivity index (χ3n) is 9.66. The van der Waals surface area contributed by atoms with E-state index in [1.807, 2.05) is 102 Å². The predicted molar refractivity (Wildman–Crippen MR) is 206 cm³/mol. The number of carboxylic acids is 2. The molecule has 2 aliphatic rings. The summed E-state index contributed by atoms with van der Waals surface area (Å²) < 4.78 is 40.4. The average Bonchev–Trinajstić information content (AvgIpc) is 3.46. The monoisotopic (exact) mass is 775 g/mol. The van der Waals surface area contributed by atoms with Crippen LogP contribution in [0.25, 0.3) is 0 Å². The zero-order valence-corrected chi connectivity index (χ0v) is 31.9. The Hall–Kier alpha value is -4.83. The smallest absolute Gasteiger partial charge is 0.309 e. The molecule has 2 aliphatic heterocycles. The highest BCUT2D eigenvalue weighted by Crippen LogP contribution is 2.48. The van der Waals surface area contributed by atoms with Crippen LogP contribution in [0.4, 0.5) is 11.4 Å². The number of fused-ring (bicyclic) bond motifs is 2. The van der Waals surface area contributed by atoms with Gasteiger partial charge in [0.1, 0.15) is 6.42 Å². The summed E-state index contributed by atoms with van der Waals surface area (Å²) in [6, 6.07) is 19.9. The summed E-state index contributed by atoms with van der Waals surface area (Å²) >= 11 is 0.852. The molecule has 3 aromatic carbocycles. The normalized spacial score (nSPS) is 17.2. The molecule has 0 atom stereocenters. The lowest BCUT2D eigenvalue weighted by molar-refractivity contribution is -0.436. The SMILES string of the molecule is CC1(C)C(/C=C/C=C(/C=C/C=C2/N(CCC(=O)O)c3ccc(S(=O)(=O)O)cc3C2(C)C)Cc2ccccc2)=[N+](CCC(=O)O)c2ccc(SOOO)cc21. The largest absolute Gasteiger partial charge is 0.481 e. The van der Waals surface area contributed by atoms with E-state index in [2.05, 4.69) is 23.2 Å². The summed E-state index contributed by atoms with van der Waals surface area (Å²) in [6.45, 7) is 8.37. The van der Waals surface area contributed by atoms with Gasteiger partial charge in [0.05, 0.1) is 28.8 Å². The Kier molecular flexibility index (Phi) is 12.5. The molecule has 0 saturated carbocycles. The van der Waals surface area contributed by atoms with Gasteiger partial charge in [-0.25, -0.2) is 5.26 Å². The zero-order valence-electron chi connectivity index (χ0n) is 30.3. The molecule has 0 saturated heterocycles. The molecular formula is C40H43N2O10S2+. The number of rotatable bonds is 16. The number of anilines is 1. The first-order valence-electron chi connectivity index (χ1n) is 17.1. The standard InChI is InChI=1S/C40H42N2O10S2/c1-39(2)31-25-29(53-52-51-47)16-18-33(31)41(22-20-37(43)44)35(39)14-8-12-28(24-27-10-6-5-7-11-27)13-9-15-36-40(3,4)32-26-30(54(48,49)50)17-19-34(32)42(36)23-21-38(45)46/h5-19,25-26H,20-24H2,1-4H3,(H3-,43,44,45,46,47,48,49,50)/p+1. The molecule has 0 aliphatic carbocycles. The van der Waals surface area contributed by atoms with Crippen molar-refractivity contribution in [3.8, 4) is 0 Å². The topological polar surface area (TPSA) is 174 Å². The molecule has 5 rings (SSSR count). The van der Waals surface area contributed by atoms with Gasteiger partial charge < -0.3 is 15.1 Å². The van der Waals surface area contributed by atoms with E-state index in [4.69, 9.17) is 5.26 Å². The molecule has 0 aromatic heterocycles. The molecule has 284 valence electrons. The van der Waals surface area contributed by atoms with Crippen molar-refractivity contribution in [1.82, 2.24) is 0 Å². The van der Waals surface area contributed by atoms with Crippen LogP contribution in [0, 0.1) is 0 Å². The number of aliphatic carboxylic acids is 2. The van der Waals surface area contributed by atoms with E-state index < -0.39 is 32.9 Å². The van der Waals surface area contributed by atoms with Gasteiger partial charge in [-0.1, -0.05) is 73.5 Å². The van der Waals surface area contributed by atoms with Gasteiger partial charge in [0.2, 0.25) is 5.69 Å². The van der Waals surface area contributed by atoms with Crippen LogP contribution in [0.1, 0.15) is 57.2 Å². The minimum Gasteiger partial charge on any atom is -0.481 e. The lowest BCUT2D eigenvalue weighted by Gasteiger charge is -2.26. The van der Waals surface area contributed by atoms with Crippen molar-refractivity contribution in [3.63, 3.8) is 0 Å². The van der Waals surface area contributed by atoms with Crippen LogP contribution in [0.15, 0.2) is 124 Å². The van der Waals surface area contributed by atoms with Gasteiger partial charge >= 0.3 is 11.9 Å². The maximum Gasteiger partial charge on any atom is 0.309 e. The fraction of sp³-hybridized carbons (Fsp3) is 0.275. The fourth-order valence-corrected chi connectivity index (χ4v) is 7.91. The van der Waals surface area contributed by atoms with Gasteiger partial charge in [0.25, 0.3) is 10.1 Å². The van der Waals surface area contributed by atoms with Crippen molar-refractivity contribution in [2.24, 2.45) is 0 Å². The van der Waals surface area contributed by atoms with Gasteiger partial charge in [-0.15, -0.1) is 4.33 Å². The summed E-state index contributed by atoms with van der Waals surface area (Å²) in [4.78, 5) is 25.6. The highest BCUT2D eigenvalue weighted by molar-refractivity contribution is 7.94. The number of benzene rings is 3. The van der Waals surface area contributed by atoms with E-state index in [0.717, 1.165) is 45.8 Å². The van der Waals surface area contributed by atoms with E-state index in [1.54, 1.807) is 12.1 Å². The first kappa shape index (κ1) is 40.4. The quantitative estimate of drug-likeness (QED) is 0.0280. The predicted octanol–water partition coefficient (Wildman–Crippen LogP) is 7.65. The molecule has 0 radical (unpaired) electrons. The van der Waals surface area contributed by atoms with Crippen LogP contribution in [-0.4, -0.2) is 63.8 Å². The number of nitrogens with zero attached hydrogens (tertiary/aromatic N) is 2. The molecule has 0 unspecified atom stereocenters. The molecule has 2 heterocycles. The lowest BCUT2D eigenvalue weighted by Crippen LogP contribution is -2.28. The Morgan fingerprint density at radius 2 is 1.63 bits per heavy atom. The van der Waals surface area contributed by atoms with Gasteiger partial charge in [0.15, 0.2) is 12.3 Å². The summed E-state index contributed by atoms with van der Waals surface area (Å²) in [5, 5.41) is 31.4. The van der Waals surface area contributed by atoms with Crippen molar-refractivity contribution in [3.05, 3.63) is 131 Å². The highest BCUT2D eigenvalue weighted by Gasteiger charge is 2.45. The summed E-state index contributed by atoms with van der Waals surface area (Å²) in [6.07, 6.45) is 12.0.